The van der Waals surface area contributed by atoms with Gasteiger partial charge in [-0.15, -0.1) is 0 Å². The van der Waals surface area contributed by atoms with Gasteiger partial charge in [-0.05, 0) is 12.1 Å². The van der Waals surface area contributed by atoms with E-state index >= 15 is 0 Å². The van der Waals surface area contributed by atoms with Crippen molar-refractivity contribution in [1.82, 2.24) is 19.6 Å². The lowest BCUT2D eigenvalue weighted by atomic mass is 10.3. The molecule has 0 aliphatic carbocycles. The number of nitrogens with zero attached hydrogens (tertiary/aromatic N) is 4. The summed E-state index contributed by atoms with van der Waals surface area (Å²) in [5.74, 6) is 0. The Kier molecular flexibility index (Phi) is 2.45. The second kappa shape index (κ2) is 3.66. The predicted molar refractivity (Wildman–Crippen MR) is 49.5 cm³/mol. The van der Waals surface area contributed by atoms with Crippen LogP contribution in [0.25, 0.3) is 0 Å². The molecule has 0 aliphatic heterocycles. The molecule has 0 N–H and O–H groups in total. The van der Waals surface area contributed by atoms with Gasteiger partial charge in [-0.3, -0.25) is 9.36 Å². The van der Waals surface area contributed by atoms with Gasteiger partial charge >= 0.3 is 6.18 Å². The minimum Gasteiger partial charge on any atom is -0.267 e. The van der Waals surface area contributed by atoms with E-state index in [1.165, 1.54) is 11.7 Å². The summed E-state index contributed by atoms with van der Waals surface area (Å²) < 4.78 is 39.7. The standard InChI is InChI=1S/C9H9F3N4/c1-15-8(9(10,11)12)5-7(14-15)6-16-4-2-3-13-16/h2-5H,6H2,1H3. The van der Waals surface area contributed by atoms with Crippen molar-refractivity contribution < 1.29 is 13.2 Å². The van der Waals surface area contributed by atoms with Gasteiger partial charge in [0.25, 0.3) is 0 Å². The summed E-state index contributed by atoms with van der Waals surface area (Å²) in [4.78, 5) is 0. The molecule has 0 spiro atoms. The quantitative estimate of drug-likeness (QED) is 0.786. The number of aryl methyl sites for hydroxylation is 1. The summed E-state index contributed by atoms with van der Waals surface area (Å²) in [7, 11) is 1.27. The van der Waals surface area contributed by atoms with Gasteiger partial charge in [-0.1, -0.05) is 0 Å². The van der Waals surface area contributed by atoms with Gasteiger partial charge in [-0.2, -0.15) is 23.4 Å². The number of aromatic nitrogens is 4. The van der Waals surface area contributed by atoms with E-state index in [9.17, 15) is 13.2 Å². The topological polar surface area (TPSA) is 35.6 Å². The van der Waals surface area contributed by atoms with E-state index in [1.807, 2.05) is 0 Å². The molecule has 0 atom stereocenters. The summed E-state index contributed by atoms with van der Waals surface area (Å²) >= 11 is 0. The minimum atomic E-state index is -4.37. The summed E-state index contributed by atoms with van der Waals surface area (Å²) in [6, 6.07) is 2.73. The highest BCUT2D eigenvalue weighted by Crippen LogP contribution is 2.29. The zero-order valence-electron chi connectivity index (χ0n) is 8.44. The first-order valence-electron chi connectivity index (χ1n) is 4.54. The third kappa shape index (κ3) is 2.07. The van der Waals surface area contributed by atoms with Crippen molar-refractivity contribution in [2.24, 2.45) is 7.05 Å². The van der Waals surface area contributed by atoms with Crippen molar-refractivity contribution in [3.63, 3.8) is 0 Å². The first-order chi connectivity index (χ1) is 7.47. The first kappa shape index (κ1) is 10.7. The Hall–Kier alpha value is -1.79. The molecule has 0 unspecified atom stereocenters. The monoisotopic (exact) mass is 230 g/mol. The molecule has 2 heterocycles. The van der Waals surface area contributed by atoms with Gasteiger partial charge < -0.3 is 0 Å². The molecule has 0 radical (unpaired) electrons. The van der Waals surface area contributed by atoms with Crippen LogP contribution in [-0.2, 0) is 19.8 Å². The Labute approximate surface area is 89.3 Å². The lowest BCUT2D eigenvalue weighted by molar-refractivity contribution is -0.143. The summed E-state index contributed by atoms with van der Waals surface area (Å²) in [5.41, 5.74) is -0.423. The van der Waals surface area contributed by atoms with Crippen molar-refractivity contribution >= 4 is 0 Å². The highest BCUT2D eigenvalue weighted by molar-refractivity contribution is 5.13. The molecule has 0 saturated carbocycles. The van der Waals surface area contributed by atoms with Crippen LogP contribution in [0.4, 0.5) is 13.2 Å². The molecule has 0 bridgehead atoms. The van der Waals surface area contributed by atoms with E-state index < -0.39 is 11.9 Å². The van der Waals surface area contributed by atoms with E-state index in [0.29, 0.717) is 5.69 Å². The Balaban J connectivity index is 2.25. The van der Waals surface area contributed by atoms with Crippen LogP contribution in [-0.4, -0.2) is 19.6 Å². The third-order valence-corrected chi connectivity index (χ3v) is 2.10. The predicted octanol–water partition coefficient (Wildman–Crippen LogP) is 1.68. The van der Waals surface area contributed by atoms with Gasteiger partial charge in [0.15, 0.2) is 0 Å². The molecular weight excluding hydrogens is 221 g/mol. The molecule has 0 fully saturated rings. The van der Waals surface area contributed by atoms with Crippen LogP contribution in [0, 0.1) is 0 Å². The minimum absolute atomic E-state index is 0.233. The van der Waals surface area contributed by atoms with E-state index in [1.54, 1.807) is 18.5 Å². The molecule has 16 heavy (non-hydrogen) atoms. The van der Waals surface area contributed by atoms with E-state index in [-0.39, 0.29) is 6.54 Å². The number of halogens is 3. The molecule has 7 heteroatoms. The van der Waals surface area contributed by atoms with E-state index in [4.69, 9.17) is 0 Å². The summed E-state index contributed by atoms with van der Waals surface area (Å²) in [6.07, 6.45) is -1.14. The summed E-state index contributed by atoms with van der Waals surface area (Å²) in [6.45, 7) is 0.233. The molecule has 2 rings (SSSR count). The normalized spacial score (nSPS) is 12.0. The van der Waals surface area contributed by atoms with Crippen molar-refractivity contribution in [1.29, 1.82) is 0 Å². The average Bonchev–Trinajstić information content (AvgIpc) is 2.74. The van der Waals surface area contributed by atoms with E-state index in [0.717, 1.165) is 10.7 Å². The van der Waals surface area contributed by atoms with Crippen molar-refractivity contribution in [3.05, 3.63) is 35.9 Å². The average molecular weight is 230 g/mol. The maximum Gasteiger partial charge on any atom is 0.433 e. The lowest BCUT2D eigenvalue weighted by Gasteiger charge is -2.04. The van der Waals surface area contributed by atoms with Crippen LogP contribution in [0.2, 0.25) is 0 Å². The van der Waals surface area contributed by atoms with Gasteiger partial charge in [0.2, 0.25) is 0 Å². The van der Waals surface area contributed by atoms with Crippen LogP contribution < -0.4 is 0 Å². The van der Waals surface area contributed by atoms with Crippen molar-refractivity contribution in [3.8, 4) is 0 Å². The van der Waals surface area contributed by atoms with Crippen LogP contribution in [0.5, 0.6) is 0 Å². The molecular formula is C9H9F3N4. The van der Waals surface area contributed by atoms with Gasteiger partial charge in [-0.25, -0.2) is 0 Å². The molecule has 86 valence electrons. The number of rotatable bonds is 2. The fourth-order valence-electron chi connectivity index (χ4n) is 1.43. The zero-order valence-corrected chi connectivity index (χ0v) is 8.44. The number of alkyl halides is 3. The Morgan fingerprint density at radius 1 is 1.38 bits per heavy atom. The fraction of sp³-hybridized carbons (Fsp3) is 0.333. The van der Waals surface area contributed by atoms with Gasteiger partial charge in [0, 0.05) is 19.4 Å². The van der Waals surface area contributed by atoms with Crippen LogP contribution >= 0.6 is 0 Å². The largest absolute Gasteiger partial charge is 0.433 e. The Morgan fingerprint density at radius 3 is 2.62 bits per heavy atom. The Morgan fingerprint density at radius 2 is 2.12 bits per heavy atom. The summed E-state index contributed by atoms with van der Waals surface area (Å²) in [5, 5.41) is 7.69. The molecule has 0 aliphatic rings. The van der Waals surface area contributed by atoms with Gasteiger partial charge in [0.05, 0.1) is 12.2 Å². The maximum atomic E-state index is 12.5. The molecule has 0 aromatic carbocycles. The van der Waals surface area contributed by atoms with E-state index in [2.05, 4.69) is 10.2 Å². The van der Waals surface area contributed by atoms with Crippen molar-refractivity contribution in [2.75, 3.05) is 0 Å². The molecule has 2 aromatic heterocycles. The first-order valence-corrected chi connectivity index (χ1v) is 4.54. The van der Waals surface area contributed by atoms with Crippen molar-refractivity contribution in [2.45, 2.75) is 12.7 Å². The molecule has 4 nitrogen and oxygen atoms in total. The SMILES string of the molecule is Cn1nc(Cn2cccn2)cc1C(F)(F)F. The molecule has 0 amide bonds. The van der Waals surface area contributed by atoms with Gasteiger partial charge in [0.1, 0.15) is 5.69 Å². The zero-order chi connectivity index (χ0) is 11.8. The Bertz CT molecular complexity index is 469. The number of hydrogen-bond acceptors (Lipinski definition) is 2. The highest BCUT2D eigenvalue weighted by atomic mass is 19.4. The van der Waals surface area contributed by atoms with Crippen LogP contribution in [0.3, 0.4) is 0 Å². The molecule has 2 aromatic rings. The third-order valence-electron chi connectivity index (χ3n) is 2.10. The second-order valence-corrected chi connectivity index (χ2v) is 3.35. The fourth-order valence-corrected chi connectivity index (χ4v) is 1.43. The molecule has 0 saturated heterocycles. The number of hydrogen-bond donors (Lipinski definition) is 0. The van der Waals surface area contributed by atoms with Crippen LogP contribution in [0.1, 0.15) is 11.4 Å². The second-order valence-electron chi connectivity index (χ2n) is 3.35. The smallest absolute Gasteiger partial charge is 0.267 e. The maximum absolute atomic E-state index is 12.5. The lowest BCUT2D eigenvalue weighted by Crippen LogP contribution is -2.11. The highest BCUT2D eigenvalue weighted by Gasteiger charge is 2.34. The van der Waals surface area contributed by atoms with Crippen LogP contribution in [0.15, 0.2) is 24.5 Å².